The molecule has 0 aliphatic rings. The Morgan fingerprint density at radius 2 is 1.94 bits per heavy atom. The maximum atomic E-state index is 13.9. The zero-order valence-electron chi connectivity index (χ0n) is 16.9. The smallest absolute Gasteiger partial charge is 0.262 e. The summed E-state index contributed by atoms with van der Waals surface area (Å²) in [4.78, 5) is 17.3. The third-order valence-electron chi connectivity index (χ3n) is 4.91. The van der Waals surface area contributed by atoms with Crippen molar-refractivity contribution in [2.24, 2.45) is 0 Å². The van der Waals surface area contributed by atoms with Crippen molar-refractivity contribution in [1.82, 2.24) is 24.4 Å². The van der Waals surface area contributed by atoms with Crippen molar-refractivity contribution in [2.45, 2.75) is 0 Å². The number of rotatable bonds is 5. The minimum atomic E-state index is -0.409. The minimum Gasteiger partial charge on any atom is -0.497 e. The van der Waals surface area contributed by atoms with Gasteiger partial charge in [0.15, 0.2) is 5.65 Å². The number of nitrogens with zero attached hydrogens (tertiary/aromatic N) is 5. The van der Waals surface area contributed by atoms with Crippen LogP contribution in [0.1, 0.15) is 10.4 Å². The van der Waals surface area contributed by atoms with Crippen LogP contribution in [0.15, 0.2) is 79.3 Å². The number of methoxy groups -OCH3 is 1. The summed E-state index contributed by atoms with van der Waals surface area (Å²) in [6, 6.07) is 16.8. The SMILES string of the molecule is COc1ccc(-c2cc(NC(=O)c3cnn4cccnc34)n(-c3cccc(F)c3)n2)cc1. The van der Waals surface area contributed by atoms with Gasteiger partial charge in [-0.15, -0.1) is 0 Å². The Morgan fingerprint density at radius 1 is 1.09 bits per heavy atom. The lowest BCUT2D eigenvalue weighted by Gasteiger charge is -2.08. The Hall–Kier alpha value is -4.53. The van der Waals surface area contributed by atoms with Crippen molar-refractivity contribution < 1.29 is 13.9 Å². The zero-order chi connectivity index (χ0) is 22.1. The van der Waals surface area contributed by atoms with Gasteiger partial charge in [0.2, 0.25) is 0 Å². The van der Waals surface area contributed by atoms with Crippen LogP contribution < -0.4 is 10.1 Å². The maximum absolute atomic E-state index is 13.9. The van der Waals surface area contributed by atoms with E-state index in [0.29, 0.717) is 34.2 Å². The van der Waals surface area contributed by atoms with Crippen LogP contribution in [0.25, 0.3) is 22.6 Å². The van der Waals surface area contributed by atoms with Crippen molar-refractivity contribution >= 4 is 17.4 Å². The lowest BCUT2D eigenvalue weighted by molar-refractivity contribution is 0.102. The summed E-state index contributed by atoms with van der Waals surface area (Å²) in [6.45, 7) is 0. The standard InChI is InChI=1S/C23H17FN6O2/c1-32-18-8-6-15(7-9-18)20-13-21(30(28-20)17-5-2-4-16(24)12-17)27-23(31)19-14-26-29-11-3-10-25-22(19)29/h2-14H,1H3,(H,27,31). The second-order valence-corrected chi connectivity index (χ2v) is 6.94. The van der Waals surface area contributed by atoms with Gasteiger partial charge in [0.1, 0.15) is 22.9 Å². The molecular weight excluding hydrogens is 411 g/mol. The molecule has 2 aromatic carbocycles. The predicted octanol–water partition coefficient (Wildman–Crippen LogP) is 3.98. The highest BCUT2D eigenvalue weighted by Crippen LogP contribution is 2.27. The van der Waals surface area contributed by atoms with Crippen LogP contribution in [0.2, 0.25) is 0 Å². The fourth-order valence-corrected chi connectivity index (χ4v) is 3.35. The Bertz CT molecular complexity index is 1420. The van der Waals surface area contributed by atoms with Gasteiger partial charge in [-0.25, -0.2) is 18.6 Å². The van der Waals surface area contributed by atoms with E-state index in [-0.39, 0.29) is 0 Å². The quantitative estimate of drug-likeness (QED) is 0.458. The molecule has 32 heavy (non-hydrogen) atoms. The van der Waals surface area contributed by atoms with Gasteiger partial charge >= 0.3 is 0 Å². The molecule has 0 fully saturated rings. The highest BCUT2D eigenvalue weighted by atomic mass is 19.1. The molecule has 8 nitrogen and oxygen atoms in total. The number of hydrogen-bond acceptors (Lipinski definition) is 5. The van der Waals surface area contributed by atoms with E-state index in [1.165, 1.54) is 27.5 Å². The number of hydrogen-bond donors (Lipinski definition) is 1. The molecule has 0 spiro atoms. The number of benzene rings is 2. The third-order valence-corrected chi connectivity index (χ3v) is 4.91. The molecule has 1 N–H and O–H groups in total. The van der Waals surface area contributed by atoms with E-state index in [1.807, 2.05) is 24.3 Å². The van der Waals surface area contributed by atoms with Crippen LogP contribution in [0.3, 0.4) is 0 Å². The van der Waals surface area contributed by atoms with Gasteiger partial charge in [-0.1, -0.05) is 6.07 Å². The van der Waals surface area contributed by atoms with Crippen molar-refractivity contribution in [2.75, 3.05) is 12.4 Å². The van der Waals surface area contributed by atoms with Crippen molar-refractivity contribution in [3.63, 3.8) is 0 Å². The molecular formula is C23H17FN6O2. The van der Waals surface area contributed by atoms with E-state index in [4.69, 9.17) is 4.74 Å². The second kappa shape index (κ2) is 7.95. The Balaban J connectivity index is 1.56. The summed E-state index contributed by atoms with van der Waals surface area (Å²) in [6.07, 6.45) is 4.75. The second-order valence-electron chi connectivity index (χ2n) is 6.94. The van der Waals surface area contributed by atoms with Crippen LogP contribution in [0.5, 0.6) is 5.75 Å². The number of carbonyl (C=O) groups is 1. The first-order valence-corrected chi connectivity index (χ1v) is 9.72. The molecule has 0 radical (unpaired) electrons. The molecule has 0 aliphatic carbocycles. The van der Waals surface area contributed by atoms with Crippen molar-refractivity contribution in [3.05, 3.63) is 90.6 Å². The molecule has 1 amide bonds. The van der Waals surface area contributed by atoms with E-state index < -0.39 is 11.7 Å². The number of fused-ring (bicyclic) bond motifs is 1. The number of nitrogens with one attached hydrogen (secondary N) is 1. The summed E-state index contributed by atoms with van der Waals surface area (Å²) in [5.41, 5.74) is 2.62. The monoisotopic (exact) mass is 428 g/mol. The van der Waals surface area contributed by atoms with Crippen LogP contribution in [-0.4, -0.2) is 37.4 Å². The first-order chi connectivity index (χ1) is 15.6. The van der Waals surface area contributed by atoms with Gasteiger partial charge < -0.3 is 10.1 Å². The highest BCUT2D eigenvalue weighted by molar-refractivity contribution is 6.08. The van der Waals surface area contributed by atoms with Crippen LogP contribution in [0.4, 0.5) is 10.2 Å². The van der Waals surface area contributed by atoms with Gasteiger partial charge in [-0.3, -0.25) is 4.79 Å². The first kappa shape index (κ1) is 19.4. The van der Waals surface area contributed by atoms with Crippen molar-refractivity contribution in [3.8, 4) is 22.7 Å². The number of anilines is 1. The molecule has 0 unspecified atom stereocenters. The van der Waals surface area contributed by atoms with E-state index in [2.05, 4.69) is 20.5 Å². The number of aromatic nitrogens is 5. The number of halogens is 1. The summed E-state index contributed by atoms with van der Waals surface area (Å²) in [7, 11) is 1.59. The lowest BCUT2D eigenvalue weighted by Crippen LogP contribution is -2.15. The fraction of sp³-hybridized carbons (Fsp3) is 0.0435. The van der Waals surface area contributed by atoms with Gasteiger partial charge in [-0.05, 0) is 48.5 Å². The van der Waals surface area contributed by atoms with Gasteiger partial charge in [-0.2, -0.15) is 10.2 Å². The Labute approximate surface area is 181 Å². The minimum absolute atomic E-state index is 0.309. The van der Waals surface area contributed by atoms with Crippen LogP contribution in [0, 0.1) is 5.82 Å². The third kappa shape index (κ3) is 3.56. The van der Waals surface area contributed by atoms with E-state index >= 15 is 0 Å². The molecule has 0 bridgehead atoms. The Morgan fingerprint density at radius 3 is 2.72 bits per heavy atom. The molecule has 5 aromatic rings. The number of carbonyl (C=O) groups excluding carboxylic acids is 1. The average molecular weight is 428 g/mol. The van der Waals surface area contributed by atoms with E-state index in [9.17, 15) is 9.18 Å². The maximum Gasteiger partial charge on any atom is 0.262 e. The fourth-order valence-electron chi connectivity index (χ4n) is 3.35. The summed E-state index contributed by atoms with van der Waals surface area (Å²) in [5, 5.41) is 11.6. The predicted molar refractivity (Wildman–Crippen MR) is 116 cm³/mol. The van der Waals surface area contributed by atoms with Crippen LogP contribution >= 0.6 is 0 Å². The molecule has 0 saturated carbocycles. The Kier molecular flexibility index (Phi) is 4.83. The number of ether oxygens (including phenoxy) is 1. The summed E-state index contributed by atoms with van der Waals surface area (Å²) in [5.74, 6) is 0.278. The molecule has 0 atom stereocenters. The molecule has 0 aliphatic heterocycles. The van der Waals surface area contributed by atoms with Crippen molar-refractivity contribution in [1.29, 1.82) is 0 Å². The van der Waals surface area contributed by atoms with Crippen LogP contribution in [-0.2, 0) is 0 Å². The van der Waals surface area contributed by atoms with Gasteiger partial charge in [0.05, 0.1) is 24.7 Å². The van der Waals surface area contributed by atoms with Gasteiger partial charge in [0, 0.05) is 24.0 Å². The summed E-state index contributed by atoms with van der Waals surface area (Å²) >= 11 is 0. The van der Waals surface area contributed by atoms with Gasteiger partial charge in [0.25, 0.3) is 5.91 Å². The van der Waals surface area contributed by atoms with E-state index in [0.717, 1.165) is 5.56 Å². The normalized spacial score (nSPS) is 10.9. The largest absolute Gasteiger partial charge is 0.497 e. The highest BCUT2D eigenvalue weighted by Gasteiger charge is 2.18. The topological polar surface area (TPSA) is 86.3 Å². The average Bonchev–Trinajstić information content (AvgIpc) is 3.44. The van der Waals surface area contributed by atoms with E-state index in [1.54, 1.807) is 43.8 Å². The summed E-state index contributed by atoms with van der Waals surface area (Å²) < 4.78 is 22.1. The number of amides is 1. The zero-order valence-corrected chi connectivity index (χ0v) is 16.9. The lowest BCUT2D eigenvalue weighted by atomic mass is 10.1. The molecule has 3 aromatic heterocycles. The molecule has 5 rings (SSSR count). The first-order valence-electron chi connectivity index (χ1n) is 9.72. The molecule has 0 saturated heterocycles. The molecule has 158 valence electrons. The molecule has 9 heteroatoms. The molecule has 3 heterocycles.